The van der Waals surface area contributed by atoms with Crippen LogP contribution in [0.1, 0.15) is 31.9 Å². The second-order valence-corrected chi connectivity index (χ2v) is 3.93. The van der Waals surface area contributed by atoms with Gasteiger partial charge in [-0.25, -0.2) is 5.48 Å². The molecule has 0 saturated heterocycles. The maximum Gasteiger partial charge on any atom is 0.222 e. The second-order valence-electron chi connectivity index (χ2n) is 3.93. The third-order valence-corrected chi connectivity index (χ3v) is 2.39. The highest BCUT2D eigenvalue weighted by molar-refractivity contribution is 5.76. The molecule has 1 aromatic rings. The van der Waals surface area contributed by atoms with Crippen LogP contribution in [-0.2, 0) is 4.79 Å². The fourth-order valence-corrected chi connectivity index (χ4v) is 1.45. The molecule has 4 heteroatoms. The van der Waals surface area contributed by atoms with Crippen LogP contribution in [0.4, 0.5) is 0 Å². The lowest BCUT2D eigenvalue weighted by Crippen LogP contribution is -2.33. The minimum atomic E-state index is -0.233. The molecule has 1 aromatic carbocycles. The van der Waals surface area contributed by atoms with Crippen LogP contribution in [0.25, 0.3) is 0 Å². The number of carbonyl (C=O) groups excluding carboxylic acids is 1. The zero-order valence-electron chi connectivity index (χ0n) is 9.60. The van der Waals surface area contributed by atoms with Crippen molar-refractivity contribution in [3.8, 4) is 0 Å². The van der Waals surface area contributed by atoms with Gasteiger partial charge in [0.2, 0.25) is 5.91 Å². The zero-order chi connectivity index (χ0) is 12.0. The molecular formula is C12H18N2O2. The lowest BCUT2D eigenvalue weighted by atomic mass is 10.1. The maximum absolute atomic E-state index is 11.5. The third kappa shape index (κ3) is 4.00. The van der Waals surface area contributed by atoms with Crippen molar-refractivity contribution >= 4 is 5.91 Å². The molecule has 0 radical (unpaired) electrons. The van der Waals surface area contributed by atoms with Gasteiger partial charge in [0.05, 0.1) is 6.04 Å². The lowest BCUT2D eigenvalue weighted by molar-refractivity contribution is -0.122. The summed E-state index contributed by atoms with van der Waals surface area (Å²) in [5.41, 5.74) is 3.12. The molecule has 1 rings (SSSR count). The minimum Gasteiger partial charge on any atom is -0.350 e. The van der Waals surface area contributed by atoms with E-state index in [4.69, 9.17) is 5.21 Å². The normalized spacial score (nSPS) is 14.2. The second kappa shape index (κ2) is 6.25. The molecule has 0 aromatic heterocycles. The number of hydrogen-bond acceptors (Lipinski definition) is 3. The summed E-state index contributed by atoms with van der Waals surface area (Å²) in [6.07, 6.45) is 0.258. The van der Waals surface area contributed by atoms with Crippen molar-refractivity contribution in [3.05, 3.63) is 35.9 Å². The van der Waals surface area contributed by atoms with E-state index in [0.29, 0.717) is 0 Å². The summed E-state index contributed by atoms with van der Waals surface area (Å²) >= 11 is 0. The van der Waals surface area contributed by atoms with Crippen LogP contribution in [0.15, 0.2) is 30.3 Å². The monoisotopic (exact) mass is 222 g/mol. The van der Waals surface area contributed by atoms with Gasteiger partial charge in [0.25, 0.3) is 0 Å². The SMILES string of the molecule is CC(CC(=O)NC(C)c1ccccc1)NO. The Hall–Kier alpha value is -1.39. The van der Waals surface area contributed by atoms with Crippen molar-refractivity contribution in [1.82, 2.24) is 10.8 Å². The van der Waals surface area contributed by atoms with Crippen LogP contribution >= 0.6 is 0 Å². The Balaban J connectivity index is 2.46. The number of hydroxylamine groups is 1. The van der Waals surface area contributed by atoms with Gasteiger partial charge in [-0.2, -0.15) is 0 Å². The maximum atomic E-state index is 11.5. The van der Waals surface area contributed by atoms with Crippen molar-refractivity contribution in [2.45, 2.75) is 32.4 Å². The van der Waals surface area contributed by atoms with Crippen molar-refractivity contribution in [1.29, 1.82) is 0 Å². The Labute approximate surface area is 95.6 Å². The predicted molar refractivity (Wildman–Crippen MR) is 62.0 cm³/mol. The van der Waals surface area contributed by atoms with E-state index in [1.807, 2.05) is 42.7 Å². The Morgan fingerprint density at radius 2 is 1.94 bits per heavy atom. The van der Waals surface area contributed by atoms with Crippen LogP contribution in [0.3, 0.4) is 0 Å². The number of hydrogen-bond donors (Lipinski definition) is 3. The van der Waals surface area contributed by atoms with Gasteiger partial charge >= 0.3 is 0 Å². The van der Waals surface area contributed by atoms with E-state index in [1.54, 1.807) is 6.92 Å². The van der Waals surface area contributed by atoms with Crippen molar-refractivity contribution in [2.75, 3.05) is 0 Å². The van der Waals surface area contributed by atoms with Gasteiger partial charge in [-0.1, -0.05) is 30.3 Å². The largest absolute Gasteiger partial charge is 0.350 e. The highest BCUT2D eigenvalue weighted by Crippen LogP contribution is 2.11. The summed E-state index contributed by atoms with van der Waals surface area (Å²) in [7, 11) is 0. The lowest BCUT2D eigenvalue weighted by Gasteiger charge is -2.15. The number of rotatable bonds is 5. The van der Waals surface area contributed by atoms with Gasteiger partial charge in [0.1, 0.15) is 0 Å². The fourth-order valence-electron chi connectivity index (χ4n) is 1.45. The minimum absolute atomic E-state index is 0.0143. The molecular weight excluding hydrogens is 204 g/mol. The Morgan fingerprint density at radius 3 is 2.50 bits per heavy atom. The Morgan fingerprint density at radius 1 is 1.31 bits per heavy atom. The Bertz CT molecular complexity index is 327. The highest BCUT2D eigenvalue weighted by Gasteiger charge is 2.11. The number of nitrogens with one attached hydrogen (secondary N) is 2. The highest BCUT2D eigenvalue weighted by atomic mass is 16.5. The number of carbonyl (C=O) groups is 1. The molecule has 0 aliphatic heterocycles. The molecule has 0 aliphatic carbocycles. The van der Waals surface area contributed by atoms with E-state index in [-0.39, 0.29) is 24.4 Å². The van der Waals surface area contributed by atoms with Gasteiger partial charge < -0.3 is 10.5 Å². The summed E-state index contributed by atoms with van der Waals surface area (Å²) in [4.78, 5) is 11.5. The first-order valence-electron chi connectivity index (χ1n) is 5.37. The van der Waals surface area contributed by atoms with Gasteiger partial charge in [-0.15, -0.1) is 0 Å². The average molecular weight is 222 g/mol. The van der Waals surface area contributed by atoms with Gasteiger partial charge in [-0.3, -0.25) is 4.79 Å². The van der Waals surface area contributed by atoms with E-state index in [9.17, 15) is 4.79 Å². The summed E-state index contributed by atoms with van der Waals surface area (Å²) in [6, 6.07) is 9.52. The van der Waals surface area contributed by atoms with Gasteiger partial charge in [0, 0.05) is 12.5 Å². The van der Waals surface area contributed by atoms with Gasteiger partial charge in [0.15, 0.2) is 0 Å². The van der Waals surface area contributed by atoms with Crippen LogP contribution in [-0.4, -0.2) is 17.2 Å². The third-order valence-electron chi connectivity index (χ3n) is 2.39. The molecule has 0 spiro atoms. The summed E-state index contributed by atoms with van der Waals surface area (Å²) in [6.45, 7) is 3.68. The first kappa shape index (κ1) is 12.7. The summed E-state index contributed by atoms with van der Waals surface area (Å²) < 4.78 is 0. The van der Waals surface area contributed by atoms with E-state index < -0.39 is 0 Å². The summed E-state index contributed by atoms with van der Waals surface area (Å²) in [5.74, 6) is -0.0783. The van der Waals surface area contributed by atoms with Crippen LogP contribution in [0, 0.1) is 0 Å². The molecule has 0 heterocycles. The topological polar surface area (TPSA) is 61.4 Å². The van der Waals surface area contributed by atoms with Crippen LogP contribution < -0.4 is 10.8 Å². The first-order valence-corrected chi connectivity index (χ1v) is 5.37. The molecule has 2 atom stereocenters. The average Bonchev–Trinajstić information content (AvgIpc) is 2.29. The first-order chi connectivity index (χ1) is 7.63. The van der Waals surface area contributed by atoms with E-state index >= 15 is 0 Å². The standard InChI is InChI=1S/C12H18N2O2/c1-9(14-16)8-12(15)13-10(2)11-6-4-3-5-7-11/h3-7,9-10,14,16H,8H2,1-2H3,(H,13,15). The van der Waals surface area contributed by atoms with E-state index in [0.717, 1.165) is 5.56 Å². The predicted octanol–water partition coefficient (Wildman–Crippen LogP) is 1.62. The Kier molecular flexibility index (Phi) is 4.95. The molecule has 0 bridgehead atoms. The molecule has 3 N–H and O–H groups in total. The molecule has 4 nitrogen and oxygen atoms in total. The summed E-state index contributed by atoms with van der Waals surface area (Å²) in [5, 5.41) is 11.5. The fraction of sp³-hybridized carbons (Fsp3) is 0.417. The van der Waals surface area contributed by atoms with Crippen molar-refractivity contribution in [3.63, 3.8) is 0 Å². The molecule has 88 valence electrons. The quantitative estimate of drug-likeness (QED) is 0.663. The molecule has 0 fully saturated rings. The molecule has 1 amide bonds. The number of benzene rings is 1. The number of amides is 1. The molecule has 2 unspecified atom stereocenters. The van der Waals surface area contributed by atoms with Crippen molar-refractivity contribution in [2.24, 2.45) is 0 Å². The zero-order valence-corrected chi connectivity index (χ0v) is 9.60. The molecule has 0 saturated carbocycles. The van der Waals surface area contributed by atoms with Gasteiger partial charge in [-0.05, 0) is 19.4 Å². The molecule has 16 heavy (non-hydrogen) atoms. The van der Waals surface area contributed by atoms with E-state index in [1.165, 1.54) is 0 Å². The molecule has 0 aliphatic rings. The van der Waals surface area contributed by atoms with Crippen LogP contribution in [0.2, 0.25) is 0 Å². The van der Waals surface area contributed by atoms with E-state index in [2.05, 4.69) is 5.32 Å². The van der Waals surface area contributed by atoms with Crippen LogP contribution in [0.5, 0.6) is 0 Å². The van der Waals surface area contributed by atoms with Crippen molar-refractivity contribution < 1.29 is 10.0 Å². The smallest absolute Gasteiger partial charge is 0.222 e.